The minimum absolute atomic E-state index is 0.0277. The summed E-state index contributed by atoms with van der Waals surface area (Å²) in [6.45, 7) is 5.26. The maximum atomic E-state index is 12.3. The van der Waals surface area contributed by atoms with E-state index in [9.17, 15) is 22.8 Å². The van der Waals surface area contributed by atoms with Gasteiger partial charge in [0.15, 0.2) is 6.61 Å². The Hall–Kier alpha value is -2.46. The van der Waals surface area contributed by atoms with Crippen LogP contribution in [0.25, 0.3) is 0 Å². The average Bonchev–Trinajstić information content (AvgIpc) is 2.74. The molecule has 2 rings (SSSR count). The van der Waals surface area contributed by atoms with Gasteiger partial charge in [-0.05, 0) is 44.7 Å². The molecule has 9 nitrogen and oxygen atoms in total. The third-order valence-corrected chi connectivity index (χ3v) is 7.32. The summed E-state index contributed by atoms with van der Waals surface area (Å²) in [4.78, 5) is 38.0. The fraction of sp³-hybridized carbons (Fsp3) is 0.571. The van der Waals surface area contributed by atoms with E-state index in [4.69, 9.17) is 4.74 Å². The summed E-state index contributed by atoms with van der Waals surface area (Å²) in [6, 6.07) is 5.68. The second-order valence-electron chi connectivity index (χ2n) is 7.75. The van der Waals surface area contributed by atoms with Crippen LogP contribution in [-0.4, -0.2) is 74.4 Å². The van der Waals surface area contributed by atoms with Gasteiger partial charge in [-0.3, -0.25) is 14.4 Å². The van der Waals surface area contributed by atoms with E-state index in [1.807, 2.05) is 32.0 Å². The summed E-state index contributed by atoms with van der Waals surface area (Å²) in [5.41, 5.74) is 2.57. The van der Waals surface area contributed by atoms with Crippen LogP contribution in [0.15, 0.2) is 18.2 Å². The van der Waals surface area contributed by atoms with E-state index >= 15 is 0 Å². The van der Waals surface area contributed by atoms with Gasteiger partial charge in [0.05, 0.1) is 18.2 Å². The number of aryl methyl sites for hydroxylation is 2. The summed E-state index contributed by atoms with van der Waals surface area (Å²) in [5.74, 6) is -1.76. The topological polar surface area (TPSA) is 113 Å². The van der Waals surface area contributed by atoms with Gasteiger partial charge >= 0.3 is 5.97 Å². The lowest BCUT2D eigenvalue weighted by Crippen LogP contribution is -2.42. The van der Waals surface area contributed by atoms with Crippen molar-refractivity contribution in [2.75, 3.05) is 44.4 Å². The minimum atomic E-state index is -3.26. The number of likely N-dealkylation sites (N-methyl/N-ethyl adjacent to an activating group) is 1. The summed E-state index contributed by atoms with van der Waals surface area (Å²) < 4.78 is 30.3. The Morgan fingerprint density at radius 2 is 1.74 bits per heavy atom. The second-order valence-corrected chi connectivity index (χ2v) is 10.0. The normalized spacial score (nSPS) is 15.4. The molecule has 10 heteroatoms. The number of amides is 2. The lowest BCUT2D eigenvalue weighted by atomic mass is 9.98. The summed E-state index contributed by atoms with van der Waals surface area (Å²) in [6.07, 6.45) is 0.723. The molecule has 1 fully saturated rings. The maximum Gasteiger partial charge on any atom is 0.309 e. The number of nitrogens with one attached hydrogen (secondary N) is 1. The van der Waals surface area contributed by atoms with E-state index in [1.165, 1.54) is 16.3 Å². The highest BCUT2D eigenvalue weighted by atomic mass is 32.2. The third kappa shape index (κ3) is 6.76. The molecule has 1 heterocycles. The monoisotopic (exact) mass is 453 g/mol. The summed E-state index contributed by atoms with van der Waals surface area (Å²) in [7, 11) is -1.80. The first-order valence-corrected chi connectivity index (χ1v) is 11.9. The van der Waals surface area contributed by atoms with Crippen molar-refractivity contribution in [3.8, 4) is 0 Å². The van der Waals surface area contributed by atoms with Crippen LogP contribution in [-0.2, 0) is 29.1 Å². The average molecular weight is 454 g/mol. The number of benzene rings is 1. The van der Waals surface area contributed by atoms with Crippen molar-refractivity contribution >= 4 is 33.5 Å². The lowest BCUT2D eigenvalue weighted by Gasteiger charge is -2.29. The van der Waals surface area contributed by atoms with Crippen LogP contribution < -0.4 is 5.32 Å². The number of ether oxygens (including phenoxy) is 1. The van der Waals surface area contributed by atoms with Crippen LogP contribution >= 0.6 is 0 Å². The number of nitrogens with zero attached hydrogens (tertiary/aromatic N) is 2. The molecule has 31 heavy (non-hydrogen) atoms. The van der Waals surface area contributed by atoms with Crippen molar-refractivity contribution in [1.82, 2.24) is 9.21 Å². The second kappa shape index (κ2) is 10.7. The number of piperidine rings is 1. The van der Waals surface area contributed by atoms with Gasteiger partial charge in [0.2, 0.25) is 15.9 Å². The molecule has 0 bridgehead atoms. The molecule has 0 spiro atoms. The highest BCUT2D eigenvalue weighted by Crippen LogP contribution is 2.21. The van der Waals surface area contributed by atoms with Crippen LogP contribution in [0, 0.1) is 19.8 Å². The number of hydrogen-bond donors (Lipinski definition) is 1. The minimum Gasteiger partial charge on any atom is -0.455 e. The molecule has 0 aromatic heterocycles. The number of rotatable bonds is 8. The first kappa shape index (κ1) is 24.8. The fourth-order valence-corrected chi connectivity index (χ4v) is 4.54. The molecule has 1 aromatic carbocycles. The fourth-order valence-electron chi connectivity index (χ4n) is 3.41. The number of anilines is 1. The molecule has 1 saturated heterocycles. The van der Waals surface area contributed by atoms with Crippen molar-refractivity contribution in [1.29, 1.82) is 0 Å². The van der Waals surface area contributed by atoms with Gasteiger partial charge < -0.3 is 15.0 Å². The number of carbonyl (C=O) groups is 3. The SMILES string of the molecule is CCS(=O)(=O)N1CCC(C(=O)OCC(=O)N(C)CC(=O)Nc2c(C)cccc2C)CC1. The van der Waals surface area contributed by atoms with Crippen molar-refractivity contribution < 1.29 is 27.5 Å². The predicted molar refractivity (Wildman–Crippen MR) is 117 cm³/mol. The highest BCUT2D eigenvalue weighted by molar-refractivity contribution is 7.89. The van der Waals surface area contributed by atoms with Crippen LogP contribution in [0.4, 0.5) is 5.69 Å². The molecule has 0 radical (unpaired) electrons. The van der Waals surface area contributed by atoms with Crippen molar-refractivity contribution in [3.05, 3.63) is 29.3 Å². The van der Waals surface area contributed by atoms with Crippen molar-refractivity contribution in [2.24, 2.45) is 5.92 Å². The predicted octanol–water partition coefficient (Wildman–Crippen LogP) is 1.31. The van der Waals surface area contributed by atoms with Crippen molar-refractivity contribution in [2.45, 2.75) is 33.6 Å². The first-order chi connectivity index (χ1) is 14.5. The largest absolute Gasteiger partial charge is 0.455 e. The van der Waals surface area contributed by atoms with Gasteiger partial charge in [-0.2, -0.15) is 0 Å². The quantitative estimate of drug-likeness (QED) is 0.594. The Bertz CT molecular complexity index is 903. The van der Waals surface area contributed by atoms with Gasteiger partial charge in [-0.1, -0.05) is 18.2 Å². The first-order valence-electron chi connectivity index (χ1n) is 10.3. The number of carbonyl (C=O) groups excluding carboxylic acids is 3. The highest BCUT2D eigenvalue weighted by Gasteiger charge is 2.31. The summed E-state index contributed by atoms with van der Waals surface area (Å²) >= 11 is 0. The van der Waals surface area contributed by atoms with E-state index < -0.39 is 34.4 Å². The Morgan fingerprint density at radius 3 is 2.29 bits per heavy atom. The van der Waals surface area contributed by atoms with Gasteiger partial charge in [-0.15, -0.1) is 0 Å². The van der Waals surface area contributed by atoms with Gasteiger partial charge in [0.1, 0.15) is 0 Å². The number of para-hydroxylation sites is 1. The van der Waals surface area contributed by atoms with E-state index in [1.54, 1.807) is 6.92 Å². The third-order valence-electron chi connectivity index (χ3n) is 5.44. The molecule has 1 aliphatic rings. The lowest BCUT2D eigenvalue weighted by molar-refractivity contribution is -0.156. The molecule has 172 valence electrons. The molecule has 2 amide bonds. The molecule has 1 aromatic rings. The molecule has 0 aliphatic carbocycles. The van der Waals surface area contributed by atoms with Gasteiger partial charge in [0.25, 0.3) is 5.91 Å². The van der Waals surface area contributed by atoms with E-state index in [-0.39, 0.29) is 31.3 Å². The zero-order valence-corrected chi connectivity index (χ0v) is 19.3. The smallest absolute Gasteiger partial charge is 0.309 e. The molecule has 0 unspecified atom stereocenters. The van der Waals surface area contributed by atoms with Crippen LogP contribution in [0.1, 0.15) is 30.9 Å². The Balaban J connectivity index is 1.78. The Morgan fingerprint density at radius 1 is 1.16 bits per heavy atom. The van der Waals surface area contributed by atoms with Gasteiger partial charge in [0, 0.05) is 25.8 Å². The van der Waals surface area contributed by atoms with Gasteiger partial charge in [-0.25, -0.2) is 12.7 Å². The molecule has 0 atom stereocenters. The molecule has 1 N–H and O–H groups in total. The van der Waals surface area contributed by atoms with Crippen LogP contribution in [0.2, 0.25) is 0 Å². The summed E-state index contributed by atoms with van der Waals surface area (Å²) in [5, 5.41) is 2.81. The molecular weight excluding hydrogens is 422 g/mol. The zero-order chi connectivity index (χ0) is 23.2. The number of hydrogen-bond acceptors (Lipinski definition) is 6. The Kier molecular flexibility index (Phi) is 8.58. The van der Waals surface area contributed by atoms with E-state index in [2.05, 4.69) is 5.32 Å². The van der Waals surface area contributed by atoms with Crippen molar-refractivity contribution in [3.63, 3.8) is 0 Å². The number of esters is 1. The van der Waals surface area contributed by atoms with Crippen LogP contribution in [0.5, 0.6) is 0 Å². The number of sulfonamides is 1. The zero-order valence-electron chi connectivity index (χ0n) is 18.5. The van der Waals surface area contributed by atoms with E-state index in [0.717, 1.165) is 16.8 Å². The maximum absolute atomic E-state index is 12.3. The van der Waals surface area contributed by atoms with E-state index in [0.29, 0.717) is 12.8 Å². The van der Waals surface area contributed by atoms with Crippen LogP contribution in [0.3, 0.4) is 0 Å². The molecule has 0 saturated carbocycles. The molecular formula is C21H31N3O6S. The Labute approximate surface area is 183 Å². The standard InChI is InChI=1S/C21H31N3O6S/c1-5-31(28,29)24-11-9-17(10-12-24)21(27)30-14-19(26)23(4)13-18(25)22-20-15(2)7-6-8-16(20)3/h6-8,17H,5,9-14H2,1-4H3,(H,22,25). The molecule has 1 aliphatic heterocycles.